The second kappa shape index (κ2) is 14.0. The van der Waals surface area contributed by atoms with Gasteiger partial charge in [-0.05, 0) is 70.8 Å². The molecule has 7 heteroatoms. The summed E-state index contributed by atoms with van der Waals surface area (Å²) >= 11 is 0. The van der Waals surface area contributed by atoms with Crippen LogP contribution < -0.4 is 15.4 Å². The number of hydrogen-bond acceptors (Lipinski definition) is 4. The maximum absolute atomic E-state index is 10.5. The fraction of sp³-hybridized carbons (Fsp3) is 0.682. The number of aliphatic imine (C=N–C) groups is 1. The van der Waals surface area contributed by atoms with Gasteiger partial charge in [-0.1, -0.05) is 19.1 Å². The minimum atomic E-state index is -0.600. The third-order valence-electron chi connectivity index (χ3n) is 5.03. The van der Waals surface area contributed by atoms with Crippen molar-refractivity contribution in [1.29, 1.82) is 0 Å². The first-order valence-corrected chi connectivity index (χ1v) is 10.7. The standard InChI is InChI=1S/C22H38N4O2.HI/c1-5-19(26-13-7-8-14-26)15-24-22(23-6-2)25-16-21(27)18-9-11-20(12-10-18)28-17(3)4;/h9-12,17,19,21,27H,5-8,13-16H2,1-4H3,(H2,23,24,25);1H. The van der Waals surface area contributed by atoms with E-state index in [9.17, 15) is 5.11 Å². The molecule has 0 amide bonds. The first-order valence-electron chi connectivity index (χ1n) is 10.7. The van der Waals surface area contributed by atoms with Gasteiger partial charge in [-0.15, -0.1) is 24.0 Å². The van der Waals surface area contributed by atoms with E-state index in [4.69, 9.17) is 9.73 Å². The Morgan fingerprint density at radius 1 is 1.14 bits per heavy atom. The smallest absolute Gasteiger partial charge is 0.191 e. The van der Waals surface area contributed by atoms with Crippen molar-refractivity contribution in [2.24, 2.45) is 4.99 Å². The average Bonchev–Trinajstić information content (AvgIpc) is 3.21. The van der Waals surface area contributed by atoms with E-state index >= 15 is 0 Å². The molecule has 2 atom stereocenters. The number of aliphatic hydroxyl groups is 1. The van der Waals surface area contributed by atoms with Gasteiger partial charge in [-0.3, -0.25) is 9.89 Å². The van der Waals surface area contributed by atoms with Gasteiger partial charge in [0.2, 0.25) is 0 Å². The van der Waals surface area contributed by atoms with Crippen LogP contribution in [-0.2, 0) is 0 Å². The summed E-state index contributed by atoms with van der Waals surface area (Å²) in [5, 5.41) is 17.1. The number of ether oxygens (including phenoxy) is 1. The van der Waals surface area contributed by atoms with Crippen molar-refractivity contribution in [3.8, 4) is 5.75 Å². The molecule has 2 rings (SSSR count). The van der Waals surface area contributed by atoms with Crippen molar-refractivity contribution in [1.82, 2.24) is 15.5 Å². The molecule has 3 N–H and O–H groups in total. The van der Waals surface area contributed by atoms with Crippen molar-refractivity contribution >= 4 is 29.9 Å². The normalized spacial score (nSPS) is 17.0. The summed E-state index contributed by atoms with van der Waals surface area (Å²) in [5.41, 5.74) is 0.864. The van der Waals surface area contributed by atoms with Crippen LogP contribution in [0.25, 0.3) is 0 Å². The van der Waals surface area contributed by atoms with E-state index < -0.39 is 6.10 Å². The largest absolute Gasteiger partial charge is 0.491 e. The van der Waals surface area contributed by atoms with Gasteiger partial charge >= 0.3 is 0 Å². The number of hydrogen-bond donors (Lipinski definition) is 3. The summed E-state index contributed by atoms with van der Waals surface area (Å²) in [5.74, 6) is 1.58. The van der Waals surface area contributed by atoms with Gasteiger partial charge in [0.1, 0.15) is 5.75 Å². The predicted molar refractivity (Wildman–Crippen MR) is 131 cm³/mol. The maximum atomic E-state index is 10.5. The lowest BCUT2D eigenvalue weighted by Crippen LogP contribution is -2.41. The van der Waals surface area contributed by atoms with Gasteiger partial charge < -0.3 is 20.5 Å². The number of nitrogens with zero attached hydrogens (tertiary/aromatic N) is 2. The van der Waals surface area contributed by atoms with Crippen LogP contribution in [0, 0.1) is 0 Å². The number of benzene rings is 1. The average molecular weight is 518 g/mol. The number of rotatable bonds is 10. The first-order chi connectivity index (χ1) is 13.5. The summed E-state index contributed by atoms with van der Waals surface area (Å²) in [4.78, 5) is 7.31. The quantitative estimate of drug-likeness (QED) is 0.251. The van der Waals surface area contributed by atoms with E-state index in [0.29, 0.717) is 12.6 Å². The highest BCUT2D eigenvalue weighted by Crippen LogP contribution is 2.18. The Labute approximate surface area is 193 Å². The zero-order chi connectivity index (χ0) is 20.4. The first kappa shape index (κ1) is 26.0. The number of guanidine groups is 1. The molecule has 0 saturated carbocycles. The monoisotopic (exact) mass is 518 g/mol. The molecule has 0 radical (unpaired) electrons. The third kappa shape index (κ3) is 9.09. The Hall–Kier alpha value is -1.06. The lowest BCUT2D eigenvalue weighted by molar-refractivity contribution is 0.180. The molecule has 166 valence electrons. The molecule has 1 fully saturated rings. The molecule has 6 nitrogen and oxygen atoms in total. The summed E-state index contributed by atoms with van der Waals surface area (Å²) in [6, 6.07) is 8.12. The van der Waals surface area contributed by atoms with Crippen molar-refractivity contribution < 1.29 is 9.84 Å². The molecular formula is C22H39IN4O2. The van der Waals surface area contributed by atoms with E-state index in [1.807, 2.05) is 38.1 Å². The third-order valence-corrected chi connectivity index (χ3v) is 5.03. The molecule has 1 aliphatic heterocycles. The number of nitrogens with one attached hydrogen (secondary N) is 2. The SMILES string of the molecule is CCNC(=NCC(CC)N1CCCC1)NCC(O)c1ccc(OC(C)C)cc1.I. The van der Waals surface area contributed by atoms with Gasteiger partial charge in [-0.2, -0.15) is 0 Å². The van der Waals surface area contributed by atoms with E-state index in [2.05, 4.69) is 29.4 Å². The lowest BCUT2D eigenvalue weighted by atomic mass is 10.1. The summed E-state index contributed by atoms with van der Waals surface area (Å²) in [6.45, 7) is 12.7. The summed E-state index contributed by atoms with van der Waals surface area (Å²) in [6.07, 6.45) is 3.25. The van der Waals surface area contributed by atoms with Crippen molar-refractivity contribution in [2.45, 2.75) is 65.2 Å². The van der Waals surface area contributed by atoms with Gasteiger partial charge in [-0.25, -0.2) is 0 Å². The number of likely N-dealkylation sites (tertiary alicyclic amines) is 1. The second-order valence-corrected chi connectivity index (χ2v) is 7.66. The molecule has 1 saturated heterocycles. The van der Waals surface area contributed by atoms with Gasteiger partial charge in [0.05, 0.1) is 18.8 Å². The van der Waals surface area contributed by atoms with Crippen LogP contribution in [0.5, 0.6) is 5.75 Å². The highest BCUT2D eigenvalue weighted by atomic mass is 127. The highest BCUT2D eigenvalue weighted by Gasteiger charge is 2.20. The van der Waals surface area contributed by atoms with Crippen LogP contribution in [0.1, 0.15) is 58.6 Å². The van der Waals surface area contributed by atoms with Gasteiger partial charge in [0.15, 0.2) is 5.96 Å². The Bertz CT molecular complexity index is 589. The lowest BCUT2D eigenvalue weighted by Gasteiger charge is -2.25. The number of aliphatic hydroxyl groups excluding tert-OH is 1. The van der Waals surface area contributed by atoms with E-state index in [-0.39, 0.29) is 30.1 Å². The van der Waals surface area contributed by atoms with Crippen LogP contribution in [0.2, 0.25) is 0 Å². The molecule has 1 aromatic carbocycles. The number of halogens is 1. The van der Waals surface area contributed by atoms with Crippen LogP contribution in [0.3, 0.4) is 0 Å². The zero-order valence-corrected chi connectivity index (χ0v) is 20.7. The minimum Gasteiger partial charge on any atom is -0.491 e. The van der Waals surface area contributed by atoms with E-state index in [1.165, 1.54) is 25.9 Å². The molecule has 1 aliphatic rings. The molecule has 29 heavy (non-hydrogen) atoms. The fourth-order valence-electron chi connectivity index (χ4n) is 3.50. The zero-order valence-electron chi connectivity index (χ0n) is 18.4. The highest BCUT2D eigenvalue weighted by molar-refractivity contribution is 14.0. The maximum Gasteiger partial charge on any atom is 0.191 e. The molecule has 2 unspecified atom stereocenters. The molecule has 0 spiro atoms. The van der Waals surface area contributed by atoms with Crippen LogP contribution in [0.15, 0.2) is 29.3 Å². The fourth-order valence-corrected chi connectivity index (χ4v) is 3.50. The minimum absolute atomic E-state index is 0. The van der Waals surface area contributed by atoms with Crippen molar-refractivity contribution in [3.05, 3.63) is 29.8 Å². The van der Waals surface area contributed by atoms with Crippen LogP contribution in [0.4, 0.5) is 0 Å². The Morgan fingerprint density at radius 2 is 1.79 bits per heavy atom. The molecule has 0 aromatic heterocycles. The summed E-state index contributed by atoms with van der Waals surface area (Å²) in [7, 11) is 0. The van der Waals surface area contributed by atoms with Crippen molar-refractivity contribution in [2.75, 3.05) is 32.7 Å². The Balaban J connectivity index is 0.00000420. The van der Waals surface area contributed by atoms with E-state index in [0.717, 1.165) is 36.8 Å². The Morgan fingerprint density at radius 3 is 2.34 bits per heavy atom. The van der Waals surface area contributed by atoms with E-state index in [1.54, 1.807) is 0 Å². The molecular weight excluding hydrogens is 479 g/mol. The van der Waals surface area contributed by atoms with Crippen LogP contribution >= 0.6 is 24.0 Å². The van der Waals surface area contributed by atoms with Gasteiger partial charge in [0.25, 0.3) is 0 Å². The molecule has 0 aliphatic carbocycles. The summed E-state index contributed by atoms with van der Waals surface area (Å²) < 4.78 is 5.66. The molecule has 1 aromatic rings. The Kier molecular flexibility index (Phi) is 12.6. The predicted octanol–water partition coefficient (Wildman–Crippen LogP) is 3.55. The second-order valence-electron chi connectivity index (χ2n) is 7.66. The topological polar surface area (TPSA) is 69.1 Å². The van der Waals surface area contributed by atoms with Gasteiger partial charge in [0, 0.05) is 19.1 Å². The molecule has 1 heterocycles. The van der Waals surface area contributed by atoms with Crippen LogP contribution in [-0.4, -0.2) is 60.8 Å². The van der Waals surface area contributed by atoms with Crippen molar-refractivity contribution in [3.63, 3.8) is 0 Å². The molecule has 0 bridgehead atoms.